The molecule has 3 rings (SSSR count). The van der Waals surface area contributed by atoms with Gasteiger partial charge < -0.3 is 10.2 Å². The van der Waals surface area contributed by atoms with Gasteiger partial charge in [-0.25, -0.2) is 0 Å². The Morgan fingerprint density at radius 3 is 2.38 bits per heavy atom. The van der Waals surface area contributed by atoms with Gasteiger partial charge in [0, 0.05) is 44.1 Å². The fourth-order valence-corrected chi connectivity index (χ4v) is 3.01. The van der Waals surface area contributed by atoms with Gasteiger partial charge in [0.25, 0.3) is 5.91 Å². The highest BCUT2D eigenvalue weighted by Crippen LogP contribution is 2.24. The molecule has 0 aliphatic carbocycles. The van der Waals surface area contributed by atoms with Crippen LogP contribution in [0.5, 0.6) is 0 Å². The summed E-state index contributed by atoms with van der Waals surface area (Å²) in [7, 11) is 0. The molecule has 0 saturated carbocycles. The van der Waals surface area contributed by atoms with Gasteiger partial charge in [-0.15, -0.1) is 0 Å². The number of nitrogens with one attached hydrogen (secondary N) is 1. The molecule has 1 N–H and O–H groups in total. The maximum absolute atomic E-state index is 12.6. The summed E-state index contributed by atoms with van der Waals surface area (Å²) in [6.45, 7) is 11.7. The van der Waals surface area contributed by atoms with Crippen LogP contribution in [0, 0.1) is 0 Å². The Hall–Kier alpha value is -2.20. The minimum Gasteiger partial charge on any atom is -0.336 e. The molecule has 0 spiro atoms. The molecule has 140 valence electrons. The summed E-state index contributed by atoms with van der Waals surface area (Å²) in [5, 5.41) is 3.27. The number of pyridine rings is 1. The number of rotatable bonds is 4. The quantitative estimate of drug-likeness (QED) is 0.889. The van der Waals surface area contributed by atoms with Crippen LogP contribution in [-0.4, -0.2) is 42.0 Å². The topological polar surface area (TPSA) is 45.2 Å². The molecule has 1 atom stereocenters. The van der Waals surface area contributed by atoms with Crippen molar-refractivity contribution in [2.24, 2.45) is 0 Å². The van der Waals surface area contributed by atoms with E-state index in [1.807, 2.05) is 31.0 Å². The molecular weight excluding hydrogens is 322 g/mol. The standard InChI is InChI=1S/C20H25N3O.C2H6/c1-3-15(2)16-4-6-17(7-5-16)18-12-19(14-22-13-18)20(24)23-10-8-21-9-11-23;1-2/h4-7,12-15,21H,3,8-11H2,1-2H3;1-2H3. The maximum Gasteiger partial charge on any atom is 0.255 e. The number of hydrogen-bond acceptors (Lipinski definition) is 3. The van der Waals surface area contributed by atoms with Crippen molar-refractivity contribution in [3.8, 4) is 11.1 Å². The van der Waals surface area contributed by atoms with E-state index in [-0.39, 0.29) is 5.91 Å². The maximum atomic E-state index is 12.6. The van der Waals surface area contributed by atoms with Gasteiger partial charge in [-0.3, -0.25) is 9.78 Å². The van der Waals surface area contributed by atoms with Crippen LogP contribution in [0.3, 0.4) is 0 Å². The zero-order chi connectivity index (χ0) is 18.9. The van der Waals surface area contributed by atoms with E-state index in [2.05, 4.69) is 48.4 Å². The second-order valence-corrected chi connectivity index (χ2v) is 6.44. The van der Waals surface area contributed by atoms with Gasteiger partial charge in [0.05, 0.1) is 5.56 Å². The van der Waals surface area contributed by atoms with E-state index >= 15 is 0 Å². The molecule has 1 saturated heterocycles. The second kappa shape index (κ2) is 10.1. The zero-order valence-corrected chi connectivity index (χ0v) is 16.5. The molecule has 4 heteroatoms. The van der Waals surface area contributed by atoms with Crippen molar-refractivity contribution in [3.05, 3.63) is 53.9 Å². The highest BCUT2D eigenvalue weighted by Gasteiger charge is 2.18. The van der Waals surface area contributed by atoms with Gasteiger partial charge in [-0.1, -0.05) is 52.0 Å². The molecule has 26 heavy (non-hydrogen) atoms. The average molecular weight is 354 g/mol. The van der Waals surface area contributed by atoms with Gasteiger partial charge in [0.1, 0.15) is 0 Å². The Morgan fingerprint density at radius 2 is 1.77 bits per heavy atom. The van der Waals surface area contributed by atoms with Crippen LogP contribution in [-0.2, 0) is 0 Å². The van der Waals surface area contributed by atoms with E-state index in [0.29, 0.717) is 11.5 Å². The minimum atomic E-state index is 0.0714. The van der Waals surface area contributed by atoms with Crippen LogP contribution >= 0.6 is 0 Å². The van der Waals surface area contributed by atoms with E-state index in [9.17, 15) is 4.79 Å². The van der Waals surface area contributed by atoms with E-state index in [1.54, 1.807) is 6.20 Å². The predicted octanol–water partition coefficient (Wildman–Crippen LogP) is 4.33. The van der Waals surface area contributed by atoms with E-state index < -0.39 is 0 Å². The number of carbonyl (C=O) groups excluding carboxylic acids is 1. The lowest BCUT2D eigenvalue weighted by atomic mass is 9.96. The van der Waals surface area contributed by atoms with Crippen LogP contribution in [0.15, 0.2) is 42.7 Å². The molecular formula is C22H31N3O. The third kappa shape index (κ3) is 4.92. The lowest BCUT2D eigenvalue weighted by molar-refractivity contribution is 0.0735. The molecule has 2 heterocycles. The first-order valence-electron chi connectivity index (χ1n) is 9.74. The largest absolute Gasteiger partial charge is 0.336 e. The highest BCUT2D eigenvalue weighted by atomic mass is 16.2. The molecule has 1 aromatic carbocycles. The van der Waals surface area contributed by atoms with Gasteiger partial charge in [0.2, 0.25) is 0 Å². The zero-order valence-electron chi connectivity index (χ0n) is 16.5. The number of hydrogen-bond donors (Lipinski definition) is 1. The van der Waals surface area contributed by atoms with Crippen LogP contribution in [0.25, 0.3) is 11.1 Å². The lowest BCUT2D eigenvalue weighted by Crippen LogP contribution is -2.46. The molecule has 0 bridgehead atoms. The number of amides is 1. The van der Waals surface area contributed by atoms with Crippen LogP contribution in [0.1, 0.15) is 56.0 Å². The van der Waals surface area contributed by atoms with Crippen LogP contribution in [0.4, 0.5) is 0 Å². The lowest BCUT2D eigenvalue weighted by Gasteiger charge is -2.27. The predicted molar refractivity (Wildman–Crippen MR) is 109 cm³/mol. The molecule has 1 amide bonds. The van der Waals surface area contributed by atoms with Crippen LogP contribution < -0.4 is 5.32 Å². The SMILES string of the molecule is CC.CCC(C)c1ccc(-c2cncc(C(=O)N3CCNCC3)c2)cc1. The van der Waals surface area contributed by atoms with Crippen molar-refractivity contribution in [1.82, 2.24) is 15.2 Å². The highest BCUT2D eigenvalue weighted by molar-refractivity contribution is 5.95. The average Bonchev–Trinajstić information content (AvgIpc) is 2.75. The summed E-state index contributed by atoms with van der Waals surface area (Å²) in [4.78, 5) is 18.8. The van der Waals surface area contributed by atoms with E-state index in [0.717, 1.165) is 43.7 Å². The third-order valence-electron chi connectivity index (χ3n) is 4.81. The molecule has 1 unspecified atom stereocenters. The van der Waals surface area contributed by atoms with E-state index in [4.69, 9.17) is 0 Å². The Kier molecular flexibility index (Phi) is 7.79. The molecule has 0 radical (unpaired) electrons. The molecule has 1 aromatic heterocycles. The van der Waals surface area contributed by atoms with Crippen molar-refractivity contribution >= 4 is 5.91 Å². The molecule has 1 aliphatic rings. The van der Waals surface area contributed by atoms with Gasteiger partial charge in [-0.2, -0.15) is 0 Å². The van der Waals surface area contributed by atoms with Crippen molar-refractivity contribution in [3.63, 3.8) is 0 Å². The monoisotopic (exact) mass is 353 g/mol. The Morgan fingerprint density at radius 1 is 1.12 bits per heavy atom. The third-order valence-corrected chi connectivity index (χ3v) is 4.81. The first kappa shape index (κ1) is 20.1. The Balaban J connectivity index is 0.00000117. The normalized spacial score (nSPS) is 15.0. The van der Waals surface area contributed by atoms with Crippen molar-refractivity contribution in [2.75, 3.05) is 26.2 Å². The molecule has 1 fully saturated rings. The number of benzene rings is 1. The van der Waals surface area contributed by atoms with Gasteiger partial charge >= 0.3 is 0 Å². The summed E-state index contributed by atoms with van der Waals surface area (Å²) in [5.74, 6) is 0.639. The molecule has 4 nitrogen and oxygen atoms in total. The summed E-state index contributed by atoms with van der Waals surface area (Å²) in [6, 6.07) is 10.5. The number of aromatic nitrogens is 1. The summed E-state index contributed by atoms with van der Waals surface area (Å²) in [6.07, 6.45) is 4.63. The number of carbonyl (C=O) groups is 1. The first-order valence-corrected chi connectivity index (χ1v) is 9.74. The van der Waals surface area contributed by atoms with Gasteiger partial charge in [0.15, 0.2) is 0 Å². The summed E-state index contributed by atoms with van der Waals surface area (Å²) in [5.41, 5.74) is 4.11. The number of piperazine rings is 1. The second-order valence-electron chi connectivity index (χ2n) is 6.44. The van der Waals surface area contributed by atoms with E-state index in [1.165, 1.54) is 5.56 Å². The van der Waals surface area contributed by atoms with Crippen LogP contribution in [0.2, 0.25) is 0 Å². The summed E-state index contributed by atoms with van der Waals surface area (Å²) >= 11 is 0. The molecule has 1 aliphatic heterocycles. The first-order chi connectivity index (χ1) is 12.7. The Labute approximate surface area is 157 Å². The fourth-order valence-electron chi connectivity index (χ4n) is 3.01. The van der Waals surface area contributed by atoms with Crippen molar-refractivity contribution < 1.29 is 4.79 Å². The fraction of sp³-hybridized carbons (Fsp3) is 0.455. The Bertz CT molecular complexity index is 691. The van der Waals surface area contributed by atoms with Gasteiger partial charge in [-0.05, 0) is 29.5 Å². The summed E-state index contributed by atoms with van der Waals surface area (Å²) < 4.78 is 0. The smallest absolute Gasteiger partial charge is 0.255 e. The van der Waals surface area contributed by atoms with Crippen molar-refractivity contribution in [2.45, 2.75) is 40.0 Å². The van der Waals surface area contributed by atoms with Crippen molar-refractivity contribution in [1.29, 1.82) is 0 Å². The molecule has 2 aromatic rings. The number of nitrogens with zero attached hydrogens (tertiary/aromatic N) is 2. The minimum absolute atomic E-state index is 0.0714.